The number of phenols is 1. The molecule has 3 aliphatic heterocycles. The molecular formula is C20H24N2O8. The van der Waals surface area contributed by atoms with E-state index in [0.29, 0.717) is 11.3 Å². The van der Waals surface area contributed by atoms with E-state index in [-0.39, 0.29) is 24.2 Å². The summed E-state index contributed by atoms with van der Waals surface area (Å²) in [6.45, 7) is 1.67. The number of benzene rings is 1. The predicted octanol–water partition coefficient (Wildman–Crippen LogP) is 0.0445. The van der Waals surface area contributed by atoms with Crippen LogP contribution in [0, 0.1) is 5.92 Å². The van der Waals surface area contributed by atoms with Gasteiger partial charge in [0.2, 0.25) is 0 Å². The molecule has 2 unspecified atom stereocenters. The number of cyclic esters (lactones) is 1. The van der Waals surface area contributed by atoms with Gasteiger partial charge in [-0.05, 0) is 19.4 Å². The Morgan fingerprint density at radius 2 is 2.00 bits per heavy atom. The minimum Gasteiger partial charge on any atom is -0.507 e. The van der Waals surface area contributed by atoms with E-state index >= 15 is 0 Å². The highest BCUT2D eigenvalue weighted by Gasteiger charge is 2.47. The van der Waals surface area contributed by atoms with E-state index in [9.17, 15) is 24.9 Å². The Morgan fingerprint density at radius 3 is 2.73 bits per heavy atom. The molecule has 1 aromatic rings. The molecule has 162 valence electrons. The maximum absolute atomic E-state index is 12.9. The number of fused-ring (bicyclic) bond motifs is 4. The number of Topliss-reactive ketones (excluding diaryl/α,β-unsaturated/α-hetero) is 1. The second-order valence-corrected chi connectivity index (χ2v) is 7.86. The molecule has 4 rings (SSSR count). The predicted molar refractivity (Wildman–Crippen MR) is 102 cm³/mol. The van der Waals surface area contributed by atoms with E-state index in [1.807, 2.05) is 0 Å². The molecule has 1 saturated heterocycles. The van der Waals surface area contributed by atoms with Crippen molar-refractivity contribution in [3.63, 3.8) is 0 Å². The van der Waals surface area contributed by atoms with Crippen molar-refractivity contribution in [3.8, 4) is 11.5 Å². The molecule has 3 heterocycles. The number of ether oxygens (including phenoxy) is 3. The van der Waals surface area contributed by atoms with Gasteiger partial charge in [0.25, 0.3) is 0 Å². The van der Waals surface area contributed by atoms with Crippen LogP contribution in [-0.4, -0.2) is 70.9 Å². The number of methoxy groups -OCH3 is 1. The van der Waals surface area contributed by atoms with Gasteiger partial charge in [0.1, 0.15) is 41.4 Å². The summed E-state index contributed by atoms with van der Waals surface area (Å²) in [5, 5.41) is 35.1. The van der Waals surface area contributed by atoms with Crippen molar-refractivity contribution in [2.24, 2.45) is 11.0 Å². The topological polar surface area (TPSA) is 150 Å². The van der Waals surface area contributed by atoms with Gasteiger partial charge in [0.05, 0.1) is 19.3 Å². The number of epoxide rings is 1. The Balaban J connectivity index is 1.70. The third-order valence-corrected chi connectivity index (χ3v) is 5.71. The van der Waals surface area contributed by atoms with Gasteiger partial charge in [-0.25, -0.2) is 4.79 Å². The first-order valence-electron chi connectivity index (χ1n) is 9.76. The summed E-state index contributed by atoms with van der Waals surface area (Å²) < 4.78 is 16.3. The van der Waals surface area contributed by atoms with Crippen molar-refractivity contribution in [2.75, 3.05) is 7.11 Å². The average Bonchev–Trinajstić information content (AvgIpc) is 3.31. The Kier molecular flexibility index (Phi) is 5.39. The van der Waals surface area contributed by atoms with Crippen LogP contribution in [0.15, 0.2) is 17.2 Å². The van der Waals surface area contributed by atoms with Crippen LogP contribution >= 0.6 is 0 Å². The molecule has 10 nitrogen and oxygen atoms in total. The van der Waals surface area contributed by atoms with Gasteiger partial charge in [0, 0.05) is 30.2 Å². The molecule has 0 aliphatic carbocycles. The van der Waals surface area contributed by atoms with Crippen LogP contribution in [-0.2, 0) is 14.3 Å². The number of nitrogens with zero attached hydrogens (tertiary/aromatic N) is 1. The number of aromatic hydroxyl groups is 1. The molecule has 0 saturated carbocycles. The second kappa shape index (κ2) is 7.86. The lowest BCUT2D eigenvalue weighted by Gasteiger charge is -2.25. The number of aliphatic hydroxyl groups excluding tert-OH is 2. The monoisotopic (exact) mass is 420 g/mol. The summed E-state index contributed by atoms with van der Waals surface area (Å²) in [4.78, 5) is 25.5. The third kappa shape index (κ3) is 3.73. The summed E-state index contributed by atoms with van der Waals surface area (Å²) in [6, 6.07) is 2.04. The van der Waals surface area contributed by atoms with E-state index in [1.54, 1.807) is 13.0 Å². The molecule has 0 amide bonds. The maximum atomic E-state index is 12.9. The summed E-state index contributed by atoms with van der Waals surface area (Å²) in [5.74, 6) is -1.72. The molecule has 1 fully saturated rings. The summed E-state index contributed by atoms with van der Waals surface area (Å²) >= 11 is 0. The molecule has 0 bridgehead atoms. The van der Waals surface area contributed by atoms with Gasteiger partial charge < -0.3 is 29.5 Å². The van der Waals surface area contributed by atoms with Gasteiger partial charge in [-0.1, -0.05) is 0 Å². The number of hydrogen-bond acceptors (Lipinski definition) is 10. The van der Waals surface area contributed by atoms with Crippen molar-refractivity contribution in [1.29, 1.82) is 0 Å². The van der Waals surface area contributed by atoms with Crippen LogP contribution in [0.1, 0.15) is 41.8 Å². The number of hydrogen-bond donors (Lipinski definition) is 4. The molecule has 10 heteroatoms. The van der Waals surface area contributed by atoms with E-state index in [1.165, 1.54) is 19.4 Å². The van der Waals surface area contributed by atoms with Crippen molar-refractivity contribution < 1.29 is 39.1 Å². The number of hydrazone groups is 1. The Bertz CT molecular complexity index is 888. The largest absolute Gasteiger partial charge is 0.507 e. The minimum absolute atomic E-state index is 0.0291. The fraction of sp³-hybridized carbons (Fsp3) is 0.550. The van der Waals surface area contributed by atoms with Crippen molar-refractivity contribution in [2.45, 2.75) is 56.3 Å². The lowest BCUT2D eigenvalue weighted by atomic mass is 9.88. The van der Waals surface area contributed by atoms with E-state index in [2.05, 4.69) is 10.5 Å². The number of nitrogens with one attached hydrogen (secondary N) is 1. The number of carbonyl (C=O) groups excluding carboxylic acids is 2. The fourth-order valence-corrected chi connectivity index (χ4v) is 4.07. The summed E-state index contributed by atoms with van der Waals surface area (Å²) in [7, 11) is 1.43. The minimum atomic E-state index is -1.62. The molecule has 1 aromatic carbocycles. The van der Waals surface area contributed by atoms with E-state index in [0.717, 1.165) is 0 Å². The first kappa shape index (κ1) is 20.6. The Labute approximate surface area is 172 Å². The number of phenolic OH excluding ortho intramolecular Hbond substituents is 1. The normalized spacial score (nSPS) is 35.9. The van der Waals surface area contributed by atoms with Crippen LogP contribution < -0.4 is 10.2 Å². The summed E-state index contributed by atoms with van der Waals surface area (Å²) in [5.41, 5.74) is 2.98. The molecule has 0 spiro atoms. The standard InChI is InChI=1S/C20H24N2O8/c1-8-3-9-7-21-22-16(9)18(26)17(25)13(24)6-14-19(30-14)11-4-10(28-2)5-12(23)15(11)20(27)29-8/h4-5,7-9,13-14,16-17,19,22-25H,3,6H2,1-2H3/t8-,9?,13-,14+,16?,17-,19+/m0/s1. The van der Waals surface area contributed by atoms with Crippen molar-refractivity contribution >= 4 is 18.0 Å². The van der Waals surface area contributed by atoms with Gasteiger partial charge in [-0.3, -0.25) is 10.2 Å². The van der Waals surface area contributed by atoms with Crippen LogP contribution in [0.5, 0.6) is 11.5 Å². The zero-order valence-corrected chi connectivity index (χ0v) is 16.5. The number of rotatable bonds is 1. The highest BCUT2D eigenvalue weighted by molar-refractivity contribution is 5.95. The number of ketones is 1. The van der Waals surface area contributed by atoms with E-state index in [4.69, 9.17) is 14.2 Å². The first-order valence-corrected chi connectivity index (χ1v) is 9.76. The average molecular weight is 420 g/mol. The molecule has 7 atom stereocenters. The zero-order chi connectivity index (χ0) is 21.6. The second-order valence-electron chi connectivity index (χ2n) is 7.86. The molecule has 0 radical (unpaired) electrons. The van der Waals surface area contributed by atoms with Gasteiger partial charge in [0.15, 0.2) is 5.78 Å². The Morgan fingerprint density at radius 1 is 1.23 bits per heavy atom. The quantitative estimate of drug-likeness (QED) is 0.365. The van der Waals surface area contributed by atoms with Gasteiger partial charge in [-0.2, -0.15) is 5.10 Å². The van der Waals surface area contributed by atoms with E-state index < -0.39 is 54.2 Å². The van der Waals surface area contributed by atoms with Crippen LogP contribution in [0.2, 0.25) is 0 Å². The SMILES string of the molecule is COc1cc(O)c2c(c1)[C@H]1O[C@@H]1C[C@H](O)[C@H](O)C(=O)C1NN=CC1C[C@H](C)OC2=O. The summed E-state index contributed by atoms with van der Waals surface area (Å²) in [6.07, 6.45) is -3.00. The molecule has 30 heavy (non-hydrogen) atoms. The molecule has 3 aliphatic rings. The lowest BCUT2D eigenvalue weighted by molar-refractivity contribution is -0.136. The van der Waals surface area contributed by atoms with Gasteiger partial charge >= 0.3 is 5.97 Å². The zero-order valence-electron chi connectivity index (χ0n) is 16.5. The van der Waals surface area contributed by atoms with Gasteiger partial charge in [-0.15, -0.1) is 0 Å². The number of esters is 1. The molecule has 4 N–H and O–H groups in total. The van der Waals surface area contributed by atoms with Crippen LogP contribution in [0.4, 0.5) is 0 Å². The highest BCUT2D eigenvalue weighted by Crippen LogP contribution is 2.46. The first-order chi connectivity index (χ1) is 14.3. The third-order valence-electron chi connectivity index (χ3n) is 5.71. The lowest BCUT2D eigenvalue weighted by Crippen LogP contribution is -2.48. The highest BCUT2D eigenvalue weighted by atomic mass is 16.6. The maximum Gasteiger partial charge on any atom is 0.342 e. The Hall–Kier alpha value is -2.69. The number of aliphatic hydroxyl groups is 2. The molecule has 0 aromatic heterocycles. The fourth-order valence-electron chi connectivity index (χ4n) is 4.07. The number of carbonyl (C=O) groups is 2. The van der Waals surface area contributed by atoms with Crippen LogP contribution in [0.3, 0.4) is 0 Å². The smallest absolute Gasteiger partial charge is 0.342 e. The van der Waals surface area contributed by atoms with Crippen molar-refractivity contribution in [3.05, 3.63) is 23.3 Å². The van der Waals surface area contributed by atoms with Crippen LogP contribution in [0.25, 0.3) is 0 Å². The van der Waals surface area contributed by atoms with Crippen molar-refractivity contribution in [1.82, 2.24) is 5.43 Å². The molecular weight excluding hydrogens is 396 g/mol.